The van der Waals surface area contributed by atoms with E-state index in [4.69, 9.17) is 5.41 Å². The maximum Gasteiger partial charge on any atom is 0.323 e. The summed E-state index contributed by atoms with van der Waals surface area (Å²) in [5.74, 6) is 0. The number of rotatable bonds is 1. The molecule has 0 aromatic heterocycles. The number of hydrogen-bond donors (Lipinski definition) is 2. The fraction of sp³-hybridized carbons (Fsp3) is 0.714. The van der Waals surface area contributed by atoms with Crippen LogP contribution in [0.25, 0.3) is 0 Å². The summed E-state index contributed by atoms with van der Waals surface area (Å²) >= 11 is 1.24. The van der Waals surface area contributed by atoms with Gasteiger partial charge < -0.3 is 5.32 Å². The Morgan fingerprint density at radius 2 is 2.08 bits per heavy atom. The lowest BCUT2D eigenvalue weighted by molar-refractivity contribution is 0.224. The third-order valence-corrected chi connectivity index (χ3v) is 1.88. The molecule has 5 heteroatoms. The highest BCUT2D eigenvalue weighted by atomic mass is 32.2. The molecular weight excluding hydrogens is 174 g/mol. The predicted octanol–water partition coefficient (Wildman–Crippen LogP) is 1.33. The first kappa shape index (κ1) is 11.3. The molecule has 0 spiro atoms. The molecule has 0 saturated heterocycles. The zero-order valence-electron chi connectivity index (χ0n) is 7.84. The molecule has 0 aromatic carbocycles. The lowest BCUT2D eigenvalue weighted by atomic mass is 10.4. The Balaban J connectivity index is 4.01. The Morgan fingerprint density at radius 1 is 1.58 bits per heavy atom. The van der Waals surface area contributed by atoms with Crippen molar-refractivity contribution in [2.45, 2.75) is 19.9 Å². The van der Waals surface area contributed by atoms with Crippen LogP contribution in [0.1, 0.15) is 13.8 Å². The predicted molar refractivity (Wildman–Crippen MR) is 52.7 cm³/mol. The fourth-order valence-electron chi connectivity index (χ4n) is 0.573. The highest BCUT2D eigenvalue weighted by Crippen LogP contribution is 2.00. The lowest BCUT2D eigenvalue weighted by Crippen LogP contribution is -2.42. The summed E-state index contributed by atoms with van der Waals surface area (Å²) in [7, 11) is 1.58. The van der Waals surface area contributed by atoms with Gasteiger partial charge in [-0.25, -0.2) is 4.79 Å². The van der Waals surface area contributed by atoms with Crippen LogP contribution in [0.4, 0.5) is 4.79 Å². The molecule has 0 rings (SSSR count). The molecule has 0 aliphatic rings. The second kappa shape index (κ2) is 5.03. The summed E-state index contributed by atoms with van der Waals surface area (Å²) in [5, 5.41) is 10.3. The number of carbonyl (C=O) groups excluding carboxylic acids is 1. The summed E-state index contributed by atoms with van der Waals surface area (Å²) in [6, 6.07) is -0.126. The van der Waals surface area contributed by atoms with Crippen molar-refractivity contribution in [1.29, 1.82) is 5.41 Å². The topological polar surface area (TPSA) is 56.2 Å². The van der Waals surface area contributed by atoms with Crippen LogP contribution in [0, 0.1) is 5.41 Å². The Bertz CT molecular complexity index is 181. The van der Waals surface area contributed by atoms with Gasteiger partial charge in [-0.1, -0.05) is 11.8 Å². The number of carbonyl (C=O) groups is 1. The first-order valence-electron chi connectivity index (χ1n) is 3.65. The van der Waals surface area contributed by atoms with Crippen molar-refractivity contribution in [3.8, 4) is 0 Å². The van der Waals surface area contributed by atoms with Crippen LogP contribution in [0.5, 0.6) is 0 Å². The van der Waals surface area contributed by atoms with Crippen molar-refractivity contribution >= 4 is 23.0 Å². The molecule has 2 N–H and O–H groups in total. The van der Waals surface area contributed by atoms with Gasteiger partial charge in [0.25, 0.3) is 0 Å². The first-order chi connectivity index (χ1) is 5.49. The van der Waals surface area contributed by atoms with Crippen LogP contribution in [0.3, 0.4) is 0 Å². The fourth-order valence-corrected chi connectivity index (χ4v) is 0.930. The summed E-state index contributed by atoms with van der Waals surface area (Å²) in [5.41, 5.74) is 0. The lowest BCUT2D eigenvalue weighted by Gasteiger charge is -2.18. The molecule has 0 aliphatic heterocycles. The second-order valence-electron chi connectivity index (χ2n) is 2.67. The Morgan fingerprint density at radius 3 is 2.42 bits per heavy atom. The molecule has 0 unspecified atom stereocenters. The van der Waals surface area contributed by atoms with Crippen LogP contribution in [-0.4, -0.2) is 35.4 Å². The second-order valence-corrected chi connectivity index (χ2v) is 3.47. The average molecular weight is 189 g/mol. The number of thioether (sulfide) groups is 1. The molecule has 0 bridgehead atoms. The molecule has 0 atom stereocenters. The van der Waals surface area contributed by atoms with Gasteiger partial charge in [-0.2, -0.15) is 0 Å². The number of hydrogen-bond acceptors (Lipinski definition) is 3. The van der Waals surface area contributed by atoms with Gasteiger partial charge in [0.15, 0.2) is 5.17 Å². The number of urea groups is 1. The van der Waals surface area contributed by atoms with Crippen LogP contribution in [0.2, 0.25) is 0 Å². The van der Waals surface area contributed by atoms with Crippen molar-refractivity contribution in [1.82, 2.24) is 10.2 Å². The van der Waals surface area contributed by atoms with Crippen molar-refractivity contribution < 1.29 is 4.79 Å². The maximum atomic E-state index is 11.2. The number of nitrogens with one attached hydrogen (secondary N) is 2. The largest absolute Gasteiger partial charge is 0.335 e. The van der Waals surface area contributed by atoms with Crippen molar-refractivity contribution in [2.75, 3.05) is 13.3 Å². The molecule has 0 radical (unpaired) electrons. The van der Waals surface area contributed by atoms with E-state index in [0.717, 1.165) is 0 Å². The van der Waals surface area contributed by atoms with Crippen molar-refractivity contribution in [2.24, 2.45) is 0 Å². The zero-order chi connectivity index (χ0) is 9.72. The summed E-state index contributed by atoms with van der Waals surface area (Å²) in [6.45, 7) is 3.77. The van der Waals surface area contributed by atoms with Crippen LogP contribution < -0.4 is 5.32 Å². The first-order valence-corrected chi connectivity index (χ1v) is 4.88. The minimum Gasteiger partial charge on any atom is -0.335 e. The SMILES string of the molecule is CSC(=N)N(C)C(=O)NC(C)C. The molecule has 0 aliphatic carbocycles. The summed E-state index contributed by atoms with van der Waals surface area (Å²) in [4.78, 5) is 12.5. The smallest absolute Gasteiger partial charge is 0.323 e. The minimum atomic E-state index is -0.232. The Kier molecular flexibility index (Phi) is 4.73. The van der Waals surface area contributed by atoms with Crippen LogP contribution >= 0.6 is 11.8 Å². The van der Waals surface area contributed by atoms with Crippen molar-refractivity contribution in [3.05, 3.63) is 0 Å². The summed E-state index contributed by atoms with van der Waals surface area (Å²) < 4.78 is 0. The van der Waals surface area contributed by atoms with Gasteiger partial charge in [0.05, 0.1) is 0 Å². The van der Waals surface area contributed by atoms with E-state index in [0.29, 0.717) is 0 Å². The molecule has 2 amide bonds. The zero-order valence-corrected chi connectivity index (χ0v) is 8.66. The Labute approximate surface area is 77.2 Å². The van der Waals surface area contributed by atoms with E-state index in [2.05, 4.69) is 5.32 Å². The molecule has 70 valence electrons. The van der Waals surface area contributed by atoms with E-state index < -0.39 is 0 Å². The van der Waals surface area contributed by atoms with E-state index in [1.54, 1.807) is 13.3 Å². The molecule has 0 heterocycles. The quantitative estimate of drug-likeness (QED) is 0.483. The molecule has 0 fully saturated rings. The van der Waals surface area contributed by atoms with Gasteiger partial charge in [0.1, 0.15) is 0 Å². The number of nitrogens with zero attached hydrogens (tertiary/aromatic N) is 1. The van der Waals surface area contributed by atoms with Crippen LogP contribution in [0.15, 0.2) is 0 Å². The van der Waals surface area contributed by atoms with E-state index in [1.165, 1.54) is 16.7 Å². The highest BCUT2D eigenvalue weighted by molar-refractivity contribution is 8.13. The normalized spacial score (nSPS) is 9.75. The molecule has 0 saturated carbocycles. The van der Waals surface area contributed by atoms with Gasteiger partial charge >= 0.3 is 6.03 Å². The van der Waals surface area contributed by atoms with E-state index in [-0.39, 0.29) is 17.2 Å². The number of amides is 2. The Hall–Kier alpha value is -0.710. The monoisotopic (exact) mass is 189 g/mol. The van der Waals surface area contributed by atoms with E-state index in [1.807, 2.05) is 13.8 Å². The van der Waals surface area contributed by atoms with Gasteiger partial charge in [0, 0.05) is 13.1 Å². The highest BCUT2D eigenvalue weighted by Gasteiger charge is 2.12. The maximum absolute atomic E-state index is 11.2. The van der Waals surface area contributed by atoms with Crippen LogP contribution in [-0.2, 0) is 0 Å². The van der Waals surface area contributed by atoms with Crippen molar-refractivity contribution in [3.63, 3.8) is 0 Å². The third kappa shape index (κ3) is 3.61. The molecule has 4 nitrogen and oxygen atoms in total. The standard InChI is InChI=1S/C7H15N3OS/c1-5(2)9-7(11)10(3)6(8)12-4/h5,8H,1-4H3,(H,9,11). The van der Waals surface area contributed by atoms with E-state index in [9.17, 15) is 4.79 Å². The number of amidine groups is 1. The molecule has 0 aromatic rings. The average Bonchev–Trinajstić information content (AvgIpc) is 2.00. The van der Waals surface area contributed by atoms with Gasteiger partial charge in [-0.15, -0.1) is 0 Å². The minimum absolute atomic E-state index is 0.106. The summed E-state index contributed by atoms with van der Waals surface area (Å²) in [6.07, 6.45) is 1.77. The molecule has 12 heavy (non-hydrogen) atoms. The van der Waals surface area contributed by atoms with Gasteiger partial charge in [0.2, 0.25) is 0 Å². The molecular formula is C7H15N3OS. The third-order valence-electron chi connectivity index (χ3n) is 1.21. The van der Waals surface area contributed by atoms with Gasteiger partial charge in [-0.05, 0) is 20.1 Å². The van der Waals surface area contributed by atoms with E-state index >= 15 is 0 Å². The van der Waals surface area contributed by atoms with Gasteiger partial charge in [-0.3, -0.25) is 10.3 Å².